The number of hydrogen-bond acceptors (Lipinski definition) is 7. The van der Waals surface area contributed by atoms with Crippen LogP contribution >= 0.6 is 0 Å². The summed E-state index contributed by atoms with van der Waals surface area (Å²) in [5.41, 5.74) is 7.15. The SMILES string of the molecule is Cn1cnc2nccc(-c3ccc(Nc4ccc(N5CCNCC5)cn4)c4c3CNC4=O)c21. The van der Waals surface area contributed by atoms with Crippen molar-refractivity contribution < 1.29 is 4.79 Å². The van der Waals surface area contributed by atoms with Gasteiger partial charge in [-0.3, -0.25) is 4.79 Å². The quantitative estimate of drug-likeness (QED) is 0.448. The molecule has 3 aromatic heterocycles. The minimum absolute atomic E-state index is 0.0814. The lowest BCUT2D eigenvalue weighted by Crippen LogP contribution is -2.43. The molecule has 9 heteroatoms. The lowest BCUT2D eigenvalue weighted by atomic mass is 9.95. The molecule has 1 saturated heterocycles. The monoisotopic (exact) mass is 440 g/mol. The predicted molar refractivity (Wildman–Crippen MR) is 128 cm³/mol. The second-order valence-corrected chi connectivity index (χ2v) is 8.35. The van der Waals surface area contributed by atoms with E-state index >= 15 is 0 Å². The van der Waals surface area contributed by atoms with Gasteiger partial charge in [-0.1, -0.05) is 6.07 Å². The highest BCUT2D eigenvalue weighted by atomic mass is 16.1. The number of amides is 1. The number of aromatic nitrogens is 4. The highest BCUT2D eigenvalue weighted by Gasteiger charge is 2.27. The van der Waals surface area contributed by atoms with E-state index in [1.807, 2.05) is 36.0 Å². The standard InChI is InChI=1S/C24H24N8O/c1-31-14-29-23-22(31)17(6-7-26-23)16-3-4-19(21-18(16)13-28-24(21)33)30-20-5-2-15(12-27-20)32-10-8-25-9-11-32/h2-7,12,14,25H,8-11,13H2,1H3,(H,27,30)(H,28,33). The molecular formula is C24H24N8O. The molecular weight excluding hydrogens is 416 g/mol. The molecule has 0 atom stereocenters. The molecule has 9 nitrogen and oxygen atoms in total. The Morgan fingerprint density at radius 1 is 1.00 bits per heavy atom. The van der Waals surface area contributed by atoms with Crippen molar-refractivity contribution in [2.45, 2.75) is 6.54 Å². The lowest BCUT2D eigenvalue weighted by molar-refractivity contribution is 0.0966. The summed E-state index contributed by atoms with van der Waals surface area (Å²) in [5, 5.41) is 9.70. The van der Waals surface area contributed by atoms with Gasteiger partial charge in [0, 0.05) is 51.5 Å². The van der Waals surface area contributed by atoms with Crippen LogP contribution in [0.15, 0.2) is 49.1 Å². The second kappa shape index (κ2) is 7.86. The molecule has 0 bridgehead atoms. The Labute approximate surface area is 190 Å². The Hall–Kier alpha value is -3.98. The number of nitrogens with zero attached hydrogens (tertiary/aromatic N) is 5. The number of rotatable bonds is 4. The van der Waals surface area contributed by atoms with E-state index < -0.39 is 0 Å². The van der Waals surface area contributed by atoms with Crippen molar-refractivity contribution in [3.05, 3.63) is 60.2 Å². The van der Waals surface area contributed by atoms with E-state index in [-0.39, 0.29) is 5.91 Å². The highest BCUT2D eigenvalue weighted by molar-refractivity contribution is 6.07. The van der Waals surface area contributed by atoms with Crippen LogP contribution in [0.5, 0.6) is 0 Å². The van der Waals surface area contributed by atoms with Crippen LogP contribution < -0.4 is 20.9 Å². The maximum Gasteiger partial charge on any atom is 0.254 e. The van der Waals surface area contributed by atoms with Crippen LogP contribution in [0.4, 0.5) is 17.2 Å². The number of hydrogen-bond donors (Lipinski definition) is 3. The molecule has 0 aliphatic carbocycles. The van der Waals surface area contributed by atoms with E-state index in [0.717, 1.165) is 59.8 Å². The van der Waals surface area contributed by atoms with Gasteiger partial charge in [0.15, 0.2) is 5.65 Å². The molecule has 166 valence electrons. The zero-order valence-electron chi connectivity index (χ0n) is 18.3. The van der Waals surface area contributed by atoms with E-state index in [1.165, 1.54) is 0 Å². The first-order chi connectivity index (χ1) is 16.2. The lowest BCUT2D eigenvalue weighted by Gasteiger charge is -2.29. The molecule has 2 aliphatic heterocycles. The van der Waals surface area contributed by atoms with Crippen LogP contribution in [-0.4, -0.2) is 51.6 Å². The third-order valence-electron chi connectivity index (χ3n) is 6.36. The Bertz CT molecular complexity index is 1360. The molecule has 0 saturated carbocycles. The Morgan fingerprint density at radius 2 is 1.88 bits per heavy atom. The maximum atomic E-state index is 12.8. The number of fused-ring (bicyclic) bond motifs is 2. The van der Waals surface area contributed by atoms with Crippen molar-refractivity contribution in [1.29, 1.82) is 0 Å². The highest BCUT2D eigenvalue weighted by Crippen LogP contribution is 2.37. The summed E-state index contributed by atoms with van der Waals surface area (Å²) in [5.74, 6) is 0.628. The number of carbonyl (C=O) groups excluding carboxylic acids is 1. The zero-order valence-corrected chi connectivity index (χ0v) is 18.3. The fraction of sp³-hybridized carbons (Fsp3) is 0.250. The first kappa shape index (κ1) is 19.7. The third kappa shape index (κ3) is 3.37. The van der Waals surface area contributed by atoms with Crippen LogP contribution in [0.1, 0.15) is 15.9 Å². The first-order valence-electron chi connectivity index (χ1n) is 11.1. The normalized spacial score (nSPS) is 15.5. The van der Waals surface area contributed by atoms with Crippen molar-refractivity contribution in [3.63, 3.8) is 0 Å². The van der Waals surface area contributed by atoms with Crippen LogP contribution in [0.25, 0.3) is 22.3 Å². The zero-order chi connectivity index (χ0) is 22.4. The van der Waals surface area contributed by atoms with E-state index in [9.17, 15) is 4.79 Å². The van der Waals surface area contributed by atoms with Gasteiger partial charge in [-0.05, 0) is 35.4 Å². The van der Waals surface area contributed by atoms with Crippen molar-refractivity contribution in [1.82, 2.24) is 30.2 Å². The fourth-order valence-electron chi connectivity index (χ4n) is 4.71. The number of nitrogens with one attached hydrogen (secondary N) is 3. The molecule has 0 spiro atoms. The Kier molecular flexibility index (Phi) is 4.69. The molecule has 33 heavy (non-hydrogen) atoms. The molecule has 1 fully saturated rings. The largest absolute Gasteiger partial charge is 0.368 e. The van der Waals surface area contributed by atoms with E-state index in [2.05, 4.69) is 47.9 Å². The van der Waals surface area contributed by atoms with Crippen molar-refractivity contribution in [2.24, 2.45) is 7.05 Å². The smallest absolute Gasteiger partial charge is 0.254 e. The average Bonchev–Trinajstić information content (AvgIpc) is 3.44. The predicted octanol–water partition coefficient (Wildman–Crippen LogP) is 2.43. The first-order valence-corrected chi connectivity index (χ1v) is 11.1. The van der Waals surface area contributed by atoms with Gasteiger partial charge in [0.05, 0.1) is 35.0 Å². The van der Waals surface area contributed by atoms with E-state index in [4.69, 9.17) is 0 Å². The summed E-state index contributed by atoms with van der Waals surface area (Å²) in [6, 6.07) is 10.0. The van der Waals surface area contributed by atoms with Crippen LogP contribution in [0, 0.1) is 0 Å². The van der Waals surface area contributed by atoms with Crippen LogP contribution in [0.3, 0.4) is 0 Å². The molecule has 0 unspecified atom stereocenters. The molecule has 2 aliphatic rings. The van der Waals surface area contributed by atoms with Gasteiger partial charge >= 0.3 is 0 Å². The van der Waals surface area contributed by atoms with E-state index in [0.29, 0.717) is 23.6 Å². The Morgan fingerprint density at radius 3 is 2.70 bits per heavy atom. The number of piperazine rings is 1. The van der Waals surface area contributed by atoms with Crippen molar-refractivity contribution in [2.75, 3.05) is 36.4 Å². The van der Waals surface area contributed by atoms with Gasteiger partial charge in [0.2, 0.25) is 0 Å². The van der Waals surface area contributed by atoms with Gasteiger partial charge in [-0.15, -0.1) is 0 Å². The van der Waals surface area contributed by atoms with Crippen LogP contribution in [-0.2, 0) is 13.6 Å². The van der Waals surface area contributed by atoms with Gasteiger partial charge in [0.1, 0.15) is 5.82 Å². The molecule has 1 aromatic carbocycles. The maximum absolute atomic E-state index is 12.8. The van der Waals surface area contributed by atoms with Gasteiger partial charge < -0.3 is 25.4 Å². The van der Waals surface area contributed by atoms with Crippen molar-refractivity contribution in [3.8, 4) is 11.1 Å². The third-order valence-corrected chi connectivity index (χ3v) is 6.36. The average molecular weight is 441 g/mol. The fourth-order valence-corrected chi connectivity index (χ4v) is 4.71. The van der Waals surface area contributed by atoms with Gasteiger partial charge in [-0.2, -0.15) is 0 Å². The molecule has 6 rings (SSSR count). The minimum Gasteiger partial charge on any atom is -0.368 e. The number of imidazole rings is 1. The number of pyridine rings is 2. The number of anilines is 3. The number of carbonyl (C=O) groups is 1. The molecule has 0 radical (unpaired) electrons. The van der Waals surface area contributed by atoms with E-state index in [1.54, 1.807) is 12.5 Å². The molecule has 4 aromatic rings. The topological polar surface area (TPSA) is 100 Å². The summed E-state index contributed by atoms with van der Waals surface area (Å²) >= 11 is 0. The van der Waals surface area contributed by atoms with Gasteiger partial charge in [-0.25, -0.2) is 15.0 Å². The van der Waals surface area contributed by atoms with Gasteiger partial charge in [0.25, 0.3) is 5.91 Å². The van der Waals surface area contributed by atoms with Crippen molar-refractivity contribution >= 4 is 34.3 Å². The summed E-state index contributed by atoms with van der Waals surface area (Å²) in [4.78, 5) is 28.4. The number of benzene rings is 1. The summed E-state index contributed by atoms with van der Waals surface area (Å²) < 4.78 is 1.96. The number of aryl methyl sites for hydroxylation is 1. The second-order valence-electron chi connectivity index (χ2n) is 8.35. The molecule has 5 heterocycles. The summed E-state index contributed by atoms with van der Waals surface area (Å²) in [7, 11) is 1.95. The molecule has 3 N–H and O–H groups in total. The summed E-state index contributed by atoms with van der Waals surface area (Å²) in [6.45, 7) is 4.40. The molecule has 1 amide bonds. The summed E-state index contributed by atoms with van der Waals surface area (Å²) in [6.07, 6.45) is 5.41. The minimum atomic E-state index is -0.0814. The Balaban J connectivity index is 1.35. The van der Waals surface area contributed by atoms with Crippen LogP contribution in [0.2, 0.25) is 0 Å².